The molecule has 0 aliphatic heterocycles. The SMILES string of the molecule is CC(C)c1ccc(N(CC(N)=O)S(=O)(=O)c2ccc(Cl)cc2)cc1. The van der Waals surface area contributed by atoms with Crippen molar-refractivity contribution in [2.45, 2.75) is 24.7 Å². The summed E-state index contributed by atoms with van der Waals surface area (Å²) in [6.45, 7) is 3.65. The number of carbonyl (C=O) groups is 1. The molecule has 0 bridgehead atoms. The van der Waals surface area contributed by atoms with Crippen LogP contribution in [-0.4, -0.2) is 20.9 Å². The summed E-state index contributed by atoms with van der Waals surface area (Å²) in [7, 11) is -3.93. The molecule has 0 aromatic heterocycles. The molecule has 24 heavy (non-hydrogen) atoms. The molecule has 5 nitrogen and oxygen atoms in total. The van der Waals surface area contributed by atoms with Crippen LogP contribution in [0, 0.1) is 0 Å². The van der Waals surface area contributed by atoms with E-state index in [0.29, 0.717) is 16.6 Å². The van der Waals surface area contributed by atoms with E-state index in [1.54, 1.807) is 12.1 Å². The maximum atomic E-state index is 12.9. The highest BCUT2D eigenvalue weighted by molar-refractivity contribution is 7.92. The monoisotopic (exact) mass is 366 g/mol. The van der Waals surface area contributed by atoms with Crippen molar-refractivity contribution in [3.8, 4) is 0 Å². The number of amides is 1. The number of sulfonamides is 1. The van der Waals surface area contributed by atoms with Crippen molar-refractivity contribution in [3.63, 3.8) is 0 Å². The molecule has 2 aromatic carbocycles. The molecule has 0 aliphatic rings. The van der Waals surface area contributed by atoms with E-state index in [2.05, 4.69) is 0 Å². The minimum atomic E-state index is -3.93. The molecule has 0 saturated carbocycles. The molecule has 0 unspecified atom stereocenters. The maximum Gasteiger partial charge on any atom is 0.264 e. The van der Waals surface area contributed by atoms with Crippen molar-refractivity contribution in [2.24, 2.45) is 5.73 Å². The first-order valence-electron chi connectivity index (χ1n) is 7.38. The van der Waals surface area contributed by atoms with E-state index in [-0.39, 0.29) is 4.90 Å². The summed E-state index contributed by atoms with van der Waals surface area (Å²) in [6, 6.07) is 12.8. The number of anilines is 1. The quantitative estimate of drug-likeness (QED) is 0.852. The minimum Gasteiger partial charge on any atom is -0.368 e. The molecule has 0 atom stereocenters. The predicted octanol–water partition coefficient (Wildman–Crippen LogP) is 3.14. The molecular weight excluding hydrogens is 348 g/mol. The Morgan fingerprint density at radius 3 is 2.08 bits per heavy atom. The zero-order valence-corrected chi connectivity index (χ0v) is 15.0. The van der Waals surface area contributed by atoms with Gasteiger partial charge in [0.05, 0.1) is 10.6 Å². The first-order chi connectivity index (χ1) is 11.2. The van der Waals surface area contributed by atoms with Gasteiger partial charge in [-0.1, -0.05) is 37.6 Å². The molecule has 0 saturated heterocycles. The number of hydrogen-bond acceptors (Lipinski definition) is 3. The molecule has 0 heterocycles. The Morgan fingerprint density at radius 2 is 1.62 bits per heavy atom. The molecule has 7 heteroatoms. The number of nitrogens with zero attached hydrogens (tertiary/aromatic N) is 1. The van der Waals surface area contributed by atoms with E-state index in [4.69, 9.17) is 17.3 Å². The topological polar surface area (TPSA) is 80.5 Å². The highest BCUT2D eigenvalue weighted by Crippen LogP contribution is 2.26. The third kappa shape index (κ3) is 4.07. The van der Waals surface area contributed by atoms with Crippen molar-refractivity contribution in [1.29, 1.82) is 0 Å². The molecule has 1 amide bonds. The third-order valence-corrected chi connectivity index (χ3v) is 5.59. The number of rotatable bonds is 6. The average molecular weight is 367 g/mol. The Morgan fingerprint density at radius 1 is 1.08 bits per heavy atom. The third-order valence-electron chi connectivity index (χ3n) is 3.55. The lowest BCUT2D eigenvalue weighted by Gasteiger charge is -2.23. The lowest BCUT2D eigenvalue weighted by atomic mass is 10.0. The maximum absolute atomic E-state index is 12.9. The van der Waals surface area contributed by atoms with E-state index < -0.39 is 22.5 Å². The largest absolute Gasteiger partial charge is 0.368 e. The van der Waals surface area contributed by atoms with Crippen LogP contribution in [0.2, 0.25) is 5.02 Å². The number of halogens is 1. The zero-order valence-electron chi connectivity index (χ0n) is 13.4. The molecule has 0 aliphatic carbocycles. The molecule has 0 radical (unpaired) electrons. The van der Waals surface area contributed by atoms with Crippen molar-refractivity contribution in [2.75, 3.05) is 10.8 Å². The smallest absolute Gasteiger partial charge is 0.264 e. The molecule has 0 fully saturated rings. The molecule has 128 valence electrons. The van der Waals surface area contributed by atoms with E-state index in [0.717, 1.165) is 9.87 Å². The van der Waals surface area contributed by atoms with Crippen molar-refractivity contribution < 1.29 is 13.2 Å². The zero-order chi connectivity index (χ0) is 17.9. The summed E-state index contributed by atoms with van der Waals surface area (Å²) < 4.78 is 26.7. The first kappa shape index (κ1) is 18.3. The lowest BCUT2D eigenvalue weighted by Crippen LogP contribution is -2.38. The highest BCUT2D eigenvalue weighted by Gasteiger charge is 2.26. The molecule has 2 aromatic rings. The number of hydrogen-bond donors (Lipinski definition) is 1. The Labute approximate surface area is 147 Å². The Bertz CT molecular complexity index is 816. The van der Waals surface area contributed by atoms with Crippen LogP contribution < -0.4 is 10.0 Å². The second kappa shape index (κ2) is 7.23. The standard InChI is InChI=1S/C17H19ClN2O3S/c1-12(2)13-3-7-15(8-4-13)20(11-17(19)21)24(22,23)16-9-5-14(18)6-10-16/h3-10,12H,11H2,1-2H3,(H2,19,21). The van der Waals surface area contributed by atoms with Crippen LogP contribution in [0.15, 0.2) is 53.4 Å². The molecule has 0 spiro atoms. The van der Waals surface area contributed by atoms with Gasteiger partial charge in [0.15, 0.2) is 0 Å². The Balaban J connectivity index is 2.47. The average Bonchev–Trinajstić information content (AvgIpc) is 2.53. The highest BCUT2D eigenvalue weighted by atomic mass is 35.5. The van der Waals surface area contributed by atoms with E-state index >= 15 is 0 Å². The van der Waals surface area contributed by atoms with Crippen molar-refractivity contribution in [3.05, 3.63) is 59.1 Å². The Hall–Kier alpha value is -2.05. The van der Waals surface area contributed by atoms with Crippen molar-refractivity contribution in [1.82, 2.24) is 0 Å². The second-order valence-electron chi connectivity index (χ2n) is 5.68. The first-order valence-corrected chi connectivity index (χ1v) is 9.20. The van der Waals surface area contributed by atoms with Gasteiger partial charge in [-0.05, 0) is 47.9 Å². The summed E-state index contributed by atoms with van der Waals surface area (Å²) in [5.41, 5.74) is 6.70. The summed E-state index contributed by atoms with van der Waals surface area (Å²) in [4.78, 5) is 11.4. The number of nitrogens with two attached hydrogens (primary N) is 1. The van der Waals surface area contributed by atoms with Gasteiger partial charge in [-0.25, -0.2) is 8.42 Å². The van der Waals surface area contributed by atoms with Gasteiger partial charge in [0.1, 0.15) is 6.54 Å². The van der Waals surface area contributed by atoms with Gasteiger partial charge in [-0.15, -0.1) is 0 Å². The van der Waals surface area contributed by atoms with E-state index in [9.17, 15) is 13.2 Å². The summed E-state index contributed by atoms with van der Waals surface area (Å²) in [5, 5.41) is 0.427. The normalized spacial score (nSPS) is 11.5. The van der Waals surface area contributed by atoms with Gasteiger partial charge in [-0.3, -0.25) is 9.10 Å². The van der Waals surface area contributed by atoms with Crippen LogP contribution in [0.5, 0.6) is 0 Å². The molecule has 2 rings (SSSR count). The van der Waals surface area contributed by atoms with Crippen LogP contribution in [0.3, 0.4) is 0 Å². The fourth-order valence-corrected chi connectivity index (χ4v) is 3.77. The van der Waals surface area contributed by atoms with Crippen molar-refractivity contribution >= 4 is 33.2 Å². The predicted molar refractivity (Wildman–Crippen MR) is 95.7 cm³/mol. The van der Waals surface area contributed by atoms with Crippen LogP contribution in [0.1, 0.15) is 25.3 Å². The molecule has 2 N–H and O–H groups in total. The Kier molecular flexibility index (Phi) is 5.51. The summed E-state index contributed by atoms with van der Waals surface area (Å²) in [6.07, 6.45) is 0. The number of benzene rings is 2. The number of carbonyl (C=O) groups excluding carboxylic acids is 1. The van der Waals surface area contributed by atoms with Gasteiger partial charge in [0.2, 0.25) is 5.91 Å². The lowest BCUT2D eigenvalue weighted by molar-refractivity contribution is -0.116. The van der Waals surface area contributed by atoms with Gasteiger partial charge < -0.3 is 5.73 Å². The van der Waals surface area contributed by atoms with E-state index in [1.165, 1.54) is 24.3 Å². The summed E-state index contributed by atoms with van der Waals surface area (Å²) in [5.74, 6) is -0.419. The van der Waals surface area contributed by atoms with Crippen LogP contribution in [-0.2, 0) is 14.8 Å². The van der Waals surface area contributed by atoms with E-state index in [1.807, 2.05) is 26.0 Å². The minimum absolute atomic E-state index is 0.0427. The van der Waals surface area contributed by atoms with Gasteiger partial charge in [0, 0.05) is 5.02 Å². The van der Waals surface area contributed by atoms with Gasteiger partial charge in [-0.2, -0.15) is 0 Å². The second-order valence-corrected chi connectivity index (χ2v) is 7.98. The summed E-state index contributed by atoms with van der Waals surface area (Å²) >= 11 is 5.81. The van der Waals surface area contributed by atoms with Gasteiger partial charge in [0.25, 0.3) is 10.0 Å². The number of primary amides is 1. The van der Waals surface area contributed by atoms with Crippen LogP contribution in [0.4, 0.5) is 5.69 Å². The van der Waals surface area contributed by atoms with Crippen LogP contribution >= 0.6 is 11.6 Å². The van der Waals surface area contributed by atoms with Gasteiger partial charge >= 0.3 is 0 Å². The fraction of sp³-hybridized carbons (Fsp3) is 0.235. The molecular formula is C17H19ClN2O3S. The van der Waals surface area contributed by atoms with Crippen LogP contribution in [0.25, 0.3) is 0 Å². The fourth-order valence-electron chi connectivity index (χ4n) is 2.22.